The van der Waals surface area contributed by atoms with Crippen LogP contribution in [0.5, 0.6) is 0 Å². The summed E-state index contributed by atoms with van der Waals surface area (Å²) >= 11 is 0. The molecule has 2 heteroatoms. The summed E-state index contributed by atoms with van der Waals surface area (Å²) in [5.41, 5.74) is 0.924. The fourth-order valence-corrected chi connectivity index (χ4v) is 6.99. The second-order valence-corrected chi connectivity index (χ2v) is 15.0. The molecule has 0 amide bonds. The molecule has 13 heavy (non-hydrogen) atoms. The third-order valence-corrected chi connectivity index (χ3v) is 12.0. The molecular formula is C11H27Si2. The van der Waals surface area contributed by atoms with Crippen LogP contribution in [-0.4, -0.2) is 16.9 Å². The van der Waals surface area contributed by atoms with Crippen molar-refractivity contribution in [2.24, 2.45) is 0 Å². The Balaban J connectivity index is 4.42. The number of hydrogen-bond donors (Lipinski definition) is 0. The first kappa shape index (κ1) is 13.4. The Labute approximate surface area is 87.7 Å². The van der Waals surface area contributed by atoms with E-state index in [1.807, 2.05) is 0 Å². The lowest BCUT2D eigenvalue weighted by molar-refractivity contribution is 0.715. The molecule has 0 saturated carbocycles. The monoisotopic (exact) mass is 215 g/mol. The van der Waals surface area contributed by atoms with Crippen LogP contribution in [0.15, 0.2) is 0 Å². The lowest BCUT2D eigenvalue weighted by atomic mass is 10.2. The van der Waals surface area contributed by atoms with E-state index in [4.69, 9.17) is 0 Å². The summed E-state index contributed by atoms with van der Waals surface area (Å²) < 4.78 is 0. The normalized spacial score (nSPS) is 14.3. The first-order valence-corrected chi connectivity index (χ1v) is 11.2. The van der Waals surface area contributed by atoms with Crippen molar-refractivity contribution in [3.8, 4) is 0 Å². The SMILES string of the molecule is CC(C)[Si](C)(C)CC(C)(C)[Si](C)C. The Morgan fingerprint density at radius 3 is 1.77 bits per heavy atom. The summed E-state index contributed by atoms with van der Waals surface area (Å²) in [6.45, 7) is 19.7. The zero-order valence-electron chi connectivity index (χ0n) is 10.8. The second kappa shape index (κ2) is 4.30. The average Bonchev–Trinajstić information content (AvgIpc) is 1.83. The molecule has 0 saturated heterocycles. The lowest BCUT2D eigenvalue weighted by Crippen LogP contribution is -2.36. The van der Waals surface area contributed by atoms with Crippen molar-refractivity contribution < 1.29 is 0 Å². The molecule has 0 aliphatic carbocycles. The van der Waals surface area contributed by atoms with Gasteiger partial charge in [-0.15, -0.1) is 0 Å². The van der Waals surface area contributed by atoms with Gasteiger partial charge >= 0.3 is 0 Å². The predicted octanol–water partition coefficient (Wildman–Crippen LogP) is 4.64. The van der Waals surface area contributed by atoms with E-state index in [9.17, 15) is 0 Å². The molecule has 0 bridgehead atoms. The van der Waals surface area contributed by atoms with Crippen molar-refractivity contribution in [3.63, 3.8) is 0 Å². The minimum atomic E-state index is -0.953. The molecule has 0 aliphatic heterocycles. The average molecular weight is 216 g/mol. The molecule has 1 radical (unpaired) electrons. The quantitative estimate of drug-likeness (QED) is 0.599. The highest BCUT2D eigenvalue weighted by atomic mass is 28.3. The van der Waals surface area contributed by atoms with Crippen molar-refractivity contribution >= 4 is 16.9 Å². The third kappa shape index (κ3) is 3.98. The van der Waals surface area contributed by atoms with Gasteiger partial charge in [0.05, 0.1) is 8.07 Å². The first-order chi connectivity index (χ1) is 5.59. The molecule has 0 spiro atoms. The van der Waals surface area contributed by atoms with Crippen molar-refractivity contribution in [2.45, 2.75) is 70.5 Å². The summed E-state index contributed by atoms with van der Waals surface area (Å²) in [6, 6.07) is 1.50. The molecule has 0 atom stereocenters. The van der Waals surface area contributed by atoms with E-state index >= 15 is 0 Å². The van der Waals surface area contributed by atoms with Gasteiger partial charge in [0.15, 0.2) is 0 Å². The molecule has 0 rings (SSSR count). The summed E-state index contributed by atoms with van der Waals surface area (Å²) in [4.78, 5) is 0. The van der Waals surface area contributed by atoms with Gasteiger partial charge in [0.2, 0.25) is 0 Å². The van der Waals surface area contributed by atoms with Crippen LogP contribution in [0.1, 0.15) is 27.7 Å². The Bertz CT molecular complexity index is 139. The van der Waals surface area contributed by atoms with Crippen LogP contribution in [0.4, 0.5) is 0 Å². The minimum absolute atomic E-state index is 0.142. The van der Waals surface area contributed by atoms with Crippen molar-refractivity contribution in [1.29, 1.82) is 0 Å². The largest absolute Gasteiger partial charge is 0.0709 e. The van der Waals surface area contributed by atoms with Gasteiger partial charge < -0.3 is 0 Å². The molecule has 0 aromatic carbocycles. The van der Waals surface area contributed by atoms with Crippen LogP contribution >= 0.6 is 0 Å². The number of rotatable bonds is 4. The van der Waals surface area contributed by atoms with E-state index in [0.29, 0.717) is 5.04 Å². The standard InChI is InChI=1S/C11H27Si2/c1-10(2)13(7,8)9-11(3,4)12(5)6/h10H,9H2,1-8H3. The zero-order valence-corrected chi connectivity index (χ0v) is 12.8. The molecule has 0 N–H and O–H groups in total. The third-order valence-electron chi connectivity index (χ3n) is 3.81. The molecule has 0 unspecified atom stereocenters. The highest BCUT2D eigenvalue weighted by molar-refractivity contribution is 6.80. The van der Waals surface area contributed by atoms with Crippen LogP contribution < -0.4 is 0 Å². The van der Waals surface area contributed by atoms with Gasteiger partial charge in [-0.25, -0.2) is 0 Å². The Kier molecular flexibility index (Phi) is 4.45. The molecule has 0 aromatic rings. The molecule has 79 valence electrons. The van der Waals surface area contributed by atoms with Crippen LogP contribution in [0.3, 0.4) is 0 Å². The molecular weight excluding hydrogens is 188 g/mol. The van der Waals surface area contributed by atoms with Crippen LogP contribution in [-0.2, 0) is 0 Å². The summed E-state index contributed by atoms with van der Waals surface area (Å²) in [5, 5.41) is 0.630. The van der Waals surface area contributed by atoms with E-state index < -0.39 is 8.07 Å². The topological polar surface area (TPSA) is 0 Å². The molecule has 0 nitrogen and oxygen atoms in total. The van der Waals surface area contributed by atoms with Crippen LogP contribution in [0.25, 0.3) is 0 Å². The maximum absolute atomic E-state index is 2.55. The van der Waals surface area contributed by atoms with Crippen LogP contribution in [0.2, 0.25) is 42.8 Å². The zero-order chi connectivity index (χ0) is 10.9. The van der Waals surface area contributed by atoms with Gasteiger partial charge in [-0.1, -0.05) is 65.5 Å². The highest BCUT2D eigenvalue weighted by Crippen LogP contribution is 2.41. The minimum Gasteiger partial charge on any atom is -0.0709 e. The molecule has 0 fully saturated rings. The molecule has 0 heterocycles. The van der Waals surface area contributed by atoms with Gasteiger partial charge in [-0.3, -0.25) is 0 Å². The smallest absolute Gasteiger partial charge is 0.0501 e. The second-order valence-electron chi connectivity index (χ2n) is 6.20. The highest BCUT2D eigenvalue weighted by Gasteiger charge is 2.34. The summed E-state index contributed by atoms with van der Waals surface area (Å²) in [5.74, 6) is 0. The van der Waals surface area contributed by atoms with Crippen molar-refractivity contribution in [1.82, 2.24) is 0 Å². The summed E-state index contributed by atoms with van der Waals surface area (Å²) in [7, 11) is -1.10. The predicted molar refractivity (Wildman–Crippen MR) is 68.9 cm³/mol. The van der Waals surface area contributed by atoms with Gasteiger partial charge in [0, 0.05) is 8.80 Å². The van der Waals surface area contributed by atoms with Crippen molar-refractivity contribution in [3.05, 3.63) is 0 Å². The van der Waals surface area contributed by atoms with Crippen molar-refractivity contribution in [2.75, 3.05) is 0 Å². The fraction of sp³-hybridized carbons (Fsp3) is 1.00. The first-order valence-electron chi connectivity index (χ1n) is 5.40. The Hall–Kier alpha value is 0.434. The lowest BCUT2D eigenvalue weighted by Gasteiger charge is -2.38. The van der Waals surface area contributed by atoms with Gasteiger partial charge in [0.25, 0.3) is 0 Å². The maximum Gasteiger partial charge on any atom is 0.0501 e. The molecule has 0 aliphatic rings. The Morgan fingerprint density at radius 1 is 1.15 bits per heavy atom. The van der Waals surface area contributed by atoms with E-state index in [-0.39, 0.29) is 8.80 Å². The van der Waals surface area contributed by atoms with Crippen LogP contribution in [0, 0.1) is 0 Å². The van der Waals surface area contributed by atoms with E-state index in [2.05, 4.69) is 53.9 Å². The summed E-state index contributed by atoms with van der Waals surface area (Å²) in [6.07, 6.45) is 0. The van der Waals surface area contributed by atoms with E-state index in [0.717, 1.165) is 5.54 Å². The molecule has 0 aromatic heterocycles. The van der Waals surface area contributed by atoms with Gasteiger partial charge in [0.1, 0.15) is 0 Å². The van der Waals surface area contributed by atoms with Gasteiger partial charge in [-0.05, 0) is 5.04 Å². The van der Waals surface area contributed by atoms with E-state index in [1.165, 1.54) is 6.04 Å². The fourth-order valence-electron chi connectivity index (χ4n) is 1.52. The van der Waals surface area contributed by atoms with Gasteiger partial charge in [-0.2, -0.15) is 0 Å². The Morgan fingerprint density at radius 2 is 1.54 bits per heavy atom. The number of hydrogen-bond acceptors (Lipinski definition) is 0. The van der Waals surface area contributed by atoms with E-state index in [1.54, 1.807) is 0 Å². The maximum atomic E-state index is 2.55.